The van der Waals surface area contributed by atoms with Gasteiger partial charge in [-0.05, 0) is 47.0 Å². The first kappa shape index (κ1) is 21.1. The van der Waals surface area contributed by atoms with Crippen LogP contribution < -0.4 is 9.47 Å². The van der Waals surface area contributed by atoms with Crippen LogP contribution in [0.2, 0.25) is 5.02 Å². The minimum Gasteiger partial charge on any atom is -0.496 e. The summed E-state index contributed by atoms with van der Waals surface area (Å²) in [5, 5.41) is 9.88. The van der Waals surface area contributed by atoms with Crippen LogP contribution in [0.4, 0.5) is 0 Å². The Morgan fingerprint density at radius 2 is 1.72 bits per heavy atom. The molecule has 0 bridgehead atoms. The summed E-state index contributed by atoms with van der Waals surface area (Å²) in [6.45, 7) is -0.172. The molecule has 3 rings (SSSR count). The van der Waals surface area contributed by atoms with Crippen molar-refractivity contribution in [3.05, 3.63) is 59.4 Å². The molecule has 0 unspecified atom stereocenters. The number of aromatic nitrogens is 1. The first-order valence-corrected chi connectivity index (χ1v) is 10.9. The molecular formula is C21H20ClNO5S. The molecule has 3 aromatic rings. The molecule has 1 N–H and O–H groups in total. The van der Waals surface area contributed by atoms with Crippen molar-refractivity contribution in [1.82, 2.24) is 4.98 Å². The molecule has 8 heteroatoms. The van der Waals surface area contributed by atoms with Gasteiger partial charge in [-0.1, -0.05) is 17.7 Å². The molecule has 0 saturated carbocycles. The van der Waals surface area contributed by atoms with Gasteiger partial charge >= 0.3 is 0 Å². The number of aliphatic hydroxyl groups is 1. The smallest absolute Gasteiger partial charge is 0.175 e. The summed E-state index contributed by atoms with van der Waals surface area (Å²) in [5.41, 5.74) is 3.23. The first-order chi connectivity index (χ1) is 13.8. The van der Waals surface area contributed by atoms with Crippen LogP contribution in [0, 0.1) is 0 Å². The van der Waals surface area contributed by atoms with Crippen LogP contribution >= 0.6 is 11.6 Å². The number of pyridine rings is 1. The van der Waals surface area contributed by atoms with E-state index in [-0.39, 0.29) is 11.5 Å². The lowest BCUT2D eigenvalue weighted by molar-refractivity contribution is 0.281. The van der Waals surface area contributed by atoms with Gasteiger partial charge in [-0.15, -0.1) is 0 Å². The second-order valence-electron chi connectivity index (χ2n) is 6.41. The standard InChI is InChI=1S/C21H20ClNO5S/c1-27-19-5-4-14(7-18(19)22)17-8-16(29(3,25)26)9-20(28-2)21(17)15-6-13(12-24)10-23-11-15/h4-11,24H,12H2,1-3H3. The van der Waals surface area contributed by atoms with Crippen LogP contribution in [0.1, 0.15) is 5.56 Å². The Hall–Kier alpha value is -2.61. The highest BCUT2D eigenvalue weighted by Crippen LogP contribution is 2.42. The molecule has 29 heavy (non-hydrogen) atoms. The lowest BCUT2D eigenvalue weighted by atomic mass is 9.94. The number of methoxy groups -OCH3 is 2. The van der Waals surface area contributed by atoms with E-state index in [1.807, 2.05) is 0 Å². The van der Waals surface area contributed by atoms with Gasteiger partial charge in [0.25, 0.3) is 0 Å². The molecule has 6 nitrogen and oxygen atoms in total. The van der Waals surface area contributed by atoms with E-state index in [9.17, 15) is 13.5 Å². The third-order valence-electron chi connectivity index (χ3n) is 4.45. The monoisotopic (exact) mass is 433 g/mol. The second kappa shape index (κ2) is 8.41. The predicted molar refractivity (Wildman–Crippen MR) is 112 cm³/mol. The van der Waals surface area contributed by atoms with E-state index in [0.29, 0.717) is 44.3 Å². The molecule has 0 aliphatic carbocycles. The SMILES string of the molecule is COc1ccc(-c2cc(S(C)(=O)=O)cc(OC)c2-c2cncc(CO)c2)cc1Cl. The average Bonchev–Trinajstić information content (AvgIpc) is 2.72. The van der Waals surface area contributed by atoms with Gasteiger partial charge in [-0.2, -0.15) is 0 Å². The highest BCUT2D eigenvalue weighted by Gasteiger charge is 2.20. The molecule has 152 valence electrons. The van der Waals surface area contributed by atoms with Gasteiger partial charge in [0.2, 0.25) is 0 Å². The van der Waals surface area contributed by atoms with Gasteiger partial charge in [-0.3, -0.25) is 4.98 Å². The zero-order valence-electron chi connectivity index (χ0n) is 16.1. The van der Waals surface area contributed by atoms with Gasteiger partial charge in [0, 0.05) is 29.8 Å². The fraction of sp³-hybridized carbons (Fsp3) is 0.190. The van der Waals surface area contributed by atoms with E-state index in [0.717, 1.165) is 6.26 Å². The van der Waals surface area contributed by atoms with Crippen molar-refractivity contribution in [1.29, 1.82) is 0 Å². The molecular weight excluding hydrogens is 414 g/mol. The molecule has 0 fully saturated rings. The maximum Gasteiger partial charge on any atom is 0.175 e. The second-order valence-corrected chi connectivity index (χ2v) is 8.83. The number of hydrogen-bond donors (Lipinski definition) is 1. The summed E-state index contributed by atoms with van der Waals surface area (Å²) in [7, 11) is -0.503. The molecule has 0 aliphatic heterocycles. The van der Waals surface area contributed by atoms with E-state index in [4.69, 9.17) is 21.1 Å². The Kier molecular flexibility index (Phi) is 6.12. The number of benzene rings is 2. The summed E-state index contributed by atoms with van der Waals surface area (Å²) < 4.78 is 35.3. The Morgan fingerprint density at radius 1 is 1.00 bits per heavy atom. The fourth-order valence-corrected chi connectivity index (χ4v) is 3.95. The van der Waals surface area contributed by atoms with Crippen molar-refractivity contribution in [3.8, 4) is 33.8 Å². The van der Waals surface area contributed by atoms with Gasteiger partial charge in [0.1, 0.15) is 11.5 Å². The maximum atomic E-state index is 12.3. The molecule has 0 aliphatic rings. The van der Waals surface area contributed by atoms with Gasteiger partial charge < -0.3 is 14.6 Å². The van der Waals surface area contributed by atoms with E-state index in [1.54, 1.807) is 42.7 Å². The highest BCUT2D eigenvalue weighted by molar-refractivity contribution is 7.90. The van der Waals surface area contributed by atoms with Crippen molar-refractivity contribution >= 4 is 21.4 Å². The molecule has 1 heterocycles. The number of nitrogens with zero attached hydrogens (tertiary/aromatic N) is 1. The van der Waals surface area contributed by atoms with Crippen molar-refractivity contribution in [2.75, 3.05) is 20.5 Å². The van der Waals surface area contributed by atoms with E-state index < -0.39 is 9.84 Å². The normalized spacial score (nSPS) is 11.3. The minimum absolute atomic E-state index is 0.117. The zero-order valence-corrected chi connectivity index (χ0v) is 17.7. The Morgan fingerprint density at radius 3 is 2.31 bits per heavy atom. The third kappa shape index (κ3) is 4.37. The maximum absolute atomic E-state index is 12.3. The Balaban J connectivity index is 2.38. The van der Waals surface area contributed by atoms with Crippen LogP contribution in [-0.4, -0.2) is 39.0 Å². The quantitative estimate of drug-likeness (QED) is 0.632. The average molecular weight is 434 g/mol. The highest BCUT2D eigenvalue weighted by atomic mass is 35.5. The van der Waals surface area contributed by atoms with E-state index >= 15 is 0 Å². The van der Waals surface area contributed by atoms with E-state index in [1.165, 1.54) is 20.3 Å². The van der Waals surface area contributed by atoms with Crippen LogP contribution in [0.5, 0.6) is 11.5 Å². The van der Waals surface area contributed by atoms with Gasteiger partial charge in [-0.25, -0.2) is 8.42 Å². The summed E-state index contributed by atoms with van der Waals surface area (Å²) in [6.07, 6.45) is 4.33. The lowest BCUT2D eigenvalue weighted by Gasteiger charge is -2.17. The summed E-state index contributed by atoms with van der Waals surface area (Å²) >= 11 is 6.31. The fourth-order valence-electron chi connectivity index (χ4n) is 3.04. The number of rotatable bonds is 6. The molecule has 0 radical (unpaired) electrons. The molecule has 2 aromatic carbocycles. The molecule has 0 spiro atoms. The summed E-state index contributed by atoms with van der Waals surface area (Å²) in [5.74, 6) is 0.874. The number of ether oxygens (including phenoxy) is 2. The predicted octanol–water partition coefficient (Wildman–Crippen LogP) is 3.98. The molecule has 1 aromatic heterocycles. The largest absolute Gasteiger partial charge is 0.496 e. The van der Waals surface area contributed by atoms with Crippen LogP contribution in [0.3, 0.4) is 0 Å². The summed E-state index contributed by atoms with van der Waals surface area (Å²) in [4.78, 5) is 4.30. The lowest BCUT2D eigenvalue weighted by Crippen LogP contribution is -2.01. The molecule has 0 saturated heterocycles. The number of sulfone groups is 1. The summed E-state index contributed by atoms with van der Waals surface area (Å²) in [6, 6.07) is 10.0. The van der Waals surface area contributed by atoms with Crippen molar-refractivity contribution in [2.45, 2.75) is 11.5 Å². The number of hydrogen-bond acceptors (Lipinski definition) is 6. The molecule has 0 amide bonds. The van der Waals surface area contributed by atoms with E-state index in [2.05, 4.69) is 4.98 Å². The van der Waals surface area contributed by atoms with Crippen molar-refractivity contribution in [3.63, 3.8) is 0 Å². The zero-order chi connectivity index (χ0) is 21.2. The Labute approximate surface area is 174 Å². The first-order valence-electron chi connectivity index (χ1n) is 8.59. The minimum atomic E-state index is -3.49. The third-order valence-corrected chi connectivity index (χ3v) is 5.84. The van der Waals surface area contributed by atoms with Crippen molar-refractivity contribution in [2.24, 2.45) is 0 Å². The molecule has 0 atom stereocenters. The van der Waals surface area contributed by atoms with Crippen LogP contribution in [-0.2, 0) is 16.4 Å². The van der Waals surface area contributed by atoms with Gasteiger partial charge in [0.05, 0.1) is 30.7 Å². The van der Waals surface area contributed by atoms with Crippen molar-refractivity contribution < 1.29 is 23.0 Å². The topological polar surface area (TPSA) is 85.7 Å². The number of aliphatic hydroxyl groups excluding tert-OH is 1. The number of halogens is 1. The Bertz CT molecular complexity index is 1160. The van der Waals surface area contributed by atoms with Gasteiger partial charge in [0.15, 0.2) is 9.84 Å². The van der Waals surface area contributed by atoms with Crippen LogP contribution in [0.25, 0.3) is 22.3 Å². The van der Waals surface area contributed by atoms with Crippen LogP contribution in [0.15, 0.2) is 53.7 Å².